The smallest absolute Gasteiger partial charge is 0.196 e. The number of nitrogens with zero attached hydrogens (tertiary/aromatic N) is 1. The van der Waals surface area contributed by atoms with Crippen LogP contribution < -0.4 is 4.74 Å². The number of aryl methyl sites for hydroxylation is 1. The van der Waals surface area contributed by atoms with Crippen molar-refractivity contribution in [2.75, 3.05) is 13.6 Å². The van der Waals surface area contributed by atoms with Crippen molar-refractivity contribution in [3.05, 3.63) is 35.4 Å². The first-order valence-corrected chi connectivity index (χ1v) is 7.89. The average molecular weight is 299 g/mol. The standard InChI is InChI=1S/C18H21NO3/c1-10-4-6-13(20)16-15(10)18-8-9-19(3)11(2)12(18)5-7-14(21)17(18)22-16/h4-7,11-12,17,20H,8-9H2,1-3H3/t11-,12+,17+,18+/m1/s1. The Bertz CT molecular complexity index is 696. The van der Waals surface area contributed by atoms with E-state index in [2.05, 4.69) is 24.9 Å². The molecule has 3 aliphatic rings. The minimum atomic E-state index is -0.499. The Morgan fingerprint density at radius 3 is 2.95 bits per heavy atom. The lowest BCUT2D eigenvalue weighted by atomic mass is 9.57. The van der Waals surface area contributed by atoms with Crippen LogP contribution in [0.3, 0.4) is 0 Å². The number of hydrogen-bond acceptors (Lipinski definition) is 4. The summed E-state index contributed by atoms with van der Waals surface area (Å²) in [6.07, 6.45) is 4.10. The highest BCUT2D eigenvalue weighted by Gasteiger charge is 2.61. The topological polar surface area (TPSA) is 49.8 Å². The number of carbonyl (C=O) groups excluding carboxylic acids is 1. The Morgan fingerprint density at radius 2 is 2.18 bits per heavy atom. The van der Waals surface area contributed by atoms with Crippen LogP contribution in [0, 0.1) is 12.8 Å². The summed E-state index contributed by atoms with van der Waals surface area (Å²) in [7, 11) is 2.13. The van der Waals surface area contributed by atoms with Crippen molar-refractivity contribution in [3.63, 3.8) is 0 Å². The molecule has 4 rings (SSSR count). The number of aromatic hydroxyl groups is 1. The molecule has 0 aromatic heterocycles. The zero-order chi connectivity index (χ0) is 15.6. The molecule has 22 heavy (non-hydrogen) atoms. The van der Waals surface area contributed by atoms with Crippen molar-refractivity contribution in [2.45, 2.75) is 37.8 Å². The zero-order valence-electron chi connectivity index (χ0n) is 13.2. The van der Waals surface area contributed by atoms with E-state index in [0.29, 0.717) is 11.8 Å². The van der Waals surface area contributed by atoms with E-state index in [1.807, 2.05) is 13.0 Å². The van der Waals surface area contributed by atoms with E-state index in [9.17, 15) is 9.90 Å². The molecule has 0 bridgehead atoms. The molecule has 2 aliphatic heterocycles. The maximum Gasteiger partial charge on any atom is 0.196 e. The second kappa shape index (κ2) is 4.35. The number of piperidine rings is 1. The van der Waals surface area contributed by atoms with E-state index in [1.165, 1.54) is 0 Å². The molecule has 1 aromatic rings. The van der Waals surface area contributed by atoms with Crippen LogP contribution in [0.4, 0.5) is 0 Å². The minimum absolute atomic E-state index is 0.0167. The third-order valence-electron chi connectivity index (χ3n) is 5.93. The molecular formula is C18H21NO3. The van der Waals surface area contributed by atoms with E-state index >= 15 is 0 Å². The van der Waals surface area contributed by atoms with Gasteiger partial charge in [0.25, 0.3) is 0 Å². The lowest BCUT2D eigenvalue weighted by Crippen LogP contribution is -2.60. The van der Waals surface area contributed by atoms with Crippen molar-refractivity contribution >= 4 is 5.78 Å². The van der Waals surface area contributed by atoms with Gasteiger partial charge in [-0.1, -0.05) is 12.1 Å². The highest BCUT2D eigenvalue weighted by Crippen LogP contribution is 2.58. The molecule has 2 heterocycles. The van der Waals surface area contributed by atoms with Crippen LogP contribution in [0.1, 0.15) is 24.5 Å². The molecule has 0 amide bonds. The molecule has 0 unspecified atom stereocenters. The van der Waals surface area contributed by atoms with E-state index in [1.54, 1.807) is 12.1 Å². The summed E-state index contributed by atoms with van der Waals surface area (Å²) in [5.74, 6) is 0.894. The number of carbonyl (C=O) groups is 1. The van der Waals surface area contributed by atoms with E-state index < -0.39 is 6.10 Å². The number of fused-ring (bicyclic) bond motifs is 1. The SMILES string of the molecule is Cc1ccc(O)c2c1[C@]13CCN(C)[C@H](C)[C@@H]1C=CC(=O)[C@@H]3O2. The fraction of sp³-hybridized carbons (Fsp3) is 0.500. The maximum absolute atomic E-state index is 12.5. The number of ketones is 1. The Morgan fingerprint density at radius 1 is 1.41 bits per heavy atom. The molecule has 4 heteroatoms. The van der Waals surface area contributed by atoms with Gasteiger partial charge >= 0.3 is 0 Å². The number of ether oxygens (including phenoxy) is 1. The van der Waals surface area contributed by atoms with Crippen LogP contribution in [-0.4, -0.2) is 41.5 Å². The molecular weight excluding hydrogens is 278 g/mol. The van der Waals surface area contributed by atoms with Crippen molar-refractivity contribution < 1.29 is 14.6 Å². The van der Waals surface area contributed by atoms with Crippen molar-refractivity contribution in [3.8, 4) is 11.5 Å². The molecule has 116 valence electrons. The van der Waals surface area contributed by atoms with Crippen molar-refractivity contribution in [2.24, 2.45) is 5.92 Å². The average Bonchev–Trinajstić information content (AvgIpc) is 2.85. The fourth-order valence-corrected chi connectivity index (χ4v) is 4.69. The second-order valence-electron chi connectivity index (χ2n) is 6.90. The van der Waals surface area contributed by atoms with Crippen LogP contribution >= 0.6 is 0 Å². The Kier molecular flexibility index (Phi) is 2.74. The van der Waals surface area contributed by atoms with E-state index in [-0.39, 0.29) is 22.9 Å². The number of phenolic OH excluding ortho intramolecular Hbond substituents is 1. The van der Waals surface area contributed by atoms with Gasteiger partial charge in [-0.15, -0.1) is 0 Å². The van der Waals surface area contributed by atoms with Gasteiger partial charge in [0, 0.05) is 17.5 Å². The van der Waals surface area contributed by atoms with Crippen LogP contribution in [0.2, 0.25) is 0 Å². The monoisotopic (exact) mass is 299 g/mol. The molecule has 1 fully saturated rings. The second-order valence-corrected chi connectivity index (χ2v) is 6.90. The summed E-state index contributed by atoms with van der Waals surface area (Å²) in [5, 5.41) is 10.2. The lowest BCUT2D eigenvalue weighted by molar-refractivity contribution is -0.126. The number of benzene rings is 1. The summed E-state index contributed by atoms with van der Waals surface area (Å²) < 4.78 is 6.01. The van der Waals surface area contributed by atoms with E-state index in [0.717, 1.165) is 24.1 Å². The van der Waals surface area contributed by atoms with Gasteiger partial charge in [0.2, 0.25) is 0 Å². The van der Waals surface area contributed by atoms with Crippen LogP contribution in [0.15, 0.2) is 24.3 Å². The van der Waals surface area contributed by atoms with Gasteiger partial charge < -0.3 is 14.7 Å². The zero-order valence-corrected chi connectivity index (χ0v) is 13.2. The first-order valence-electron chi connectivity index (χ1n) is 7.89. The first-order chi connectivity index (χ1) is 10.5. The number of hydrogen-bond donors (Lipinski definition) is 1. The number of rotatable bonds is 0. The molecule has 4 nitrogen and oxygen atoms in total. The van der Waals surface area contributed by atoms with Crippen molar-refractivity contribution in [1.82, 2.24) is 4.90 Å². The molecule has 0 saturated carbocycles. The van der Waals surface area contributed by atoms with Crippen LogP contribution in [0.25, 0.3) is 0 Å². The first kappa shape index (κ1) is 13.8. The fourth-order valence-electron chi connectivity index (χ4n) is 4.69. The highest BCUT2D eigenvalue weighted by molar-refractivity contribution is 5.98. The molecule has 1 aromatic carbocycles. The Balaban J connectivity index is 1.99. The largest absolute Gasteiger partial charge is 0.504 e. The van der Waals surface area contributed by atoms with Gasteiger partial charge in [0.15, 0.2) is 23.4 Å². The van der Waals surface area contributed by atoms with Gasteiger partial charge in [-0.2, -0.15) is 0 Å². The molecule has 1 N–H and O–H groups in total. The van der Waals surface area contributed by atoms with Gasteiger partial charge in [-0.3, -0.25) is 4.79 Å². The van der Waals surface area contributed by atoms with Crippen LogP contribution in [-0.2, 0) is 10.2 Å². The third kappa shape index (κ3) is 1.48. The van der Waals surface area contributed by atoms with Crippen LogP contribution in [0.5, 0.6) is 11.5 Å². The highest BCUT2D eigenvalue weighted by atomic mass is 16.5. The van der Waals surface area contributed by atoms with Gasteiger partial charge in [0.1, 0.15) is 0 Å². The quantitative estimate of drug-likeness (QED) is 0.798. The van der Waals surface area contributed by atoms with Gasteiger partial charge in [0.05, 0.1) is 5.41 Å². The minimum Gasteiger partial charge on any atom is -0.504 e. The molecule has 0 radical (unpaired) electrons. The molecule has 1 aliphatic carbocycles. The summed E-state index contributed by atoms with van der Waals surface area (Å²) in [6.45, 7) is 5.17. The Labute approximate surface area is 130 Å². The van der Waals surface area contributed by atoms with Gasteiger partial charge in [-0.05, 0) is 51.6 Å². The Hall–Kier alpha value is -1.81. The third-order valence-corrected chi connectivity index (χ3v) is 5.93. The number of phenols is 1. The predicted molar refractivity (Wildman–Crippen MR) is 83.3 cm³/mol. The van der Waals surface area contributed by atoms with Crippen molar-refractivity contribution in [1.29, 1.82) is 0 Å². The maximum atomic E-state index is 12.5. The summed E-state index contributed by atoms with van der Waals surface area (Å²) >= 11 is 0. The van der Waals surface area contributed by atoms with E-state index in [4.69, 9.17) is 4.74 Å². The molecule has 1 spiro atoms. The van der Waals surface area contributed by atoms with Gasteiger partial charge in [-0.25, -0.2) is 0 Å². The lowest BCUT2D eigenvalue weighted by Gasteiger charge is -2.51. The number of likely N-dealkylation sites (tertiary alicyclic amines) is 1. The summed E-state index contributed by atoms with van der Waals surface area (Å²) in [4.78, 5) is 14.8. The predicted octanol–water partition coefficient (Wildman–Crippen LogP) is 2.18. The molecule has 1 saturated heterocycles. The molecule has 4 atom stereocenters. The summed E-state index contributed by atoms with van der Waals surface area (Å²) in [6, 6.07) is 3.92. The normalized spacial score (nSPS) is 36.5. The summed E-state index contributed by atoms with van der Waals surface area (Å²) in [5.41, 5.74) is 1.80.